The van der Waals surface area contributed by atoms with E-state index in [0.717, 1.165) is 38.9 Å². The molecule has 1 N–H and O–H groups in total. The van der Waals surface area contributed by atoms with Crippen molar-refractivity contribution in [2.24, 2.45) is 29.1 Å². The number of fused-ring (bicyclic) bond motifs is 2. The molecule has 2 aliphatic heterocycles. The van der Waals surface area contributed by atoms with Crippen LogP contribution in [0.5, 0.6) is 0 Å². The third-order valence-electron chi connectivity index (χ3n) is 7.83. The number of ether oxygens (including phenoxy) is 2. The maximum atomic E-state index is 12.8. The van der Waals surface area contributed by atoms with Crippen LogP contribution in [-0.4, -0.2) is 44.3 Å². The van der Waals surface area contributed by atoms with E-state index < -0.39 is 0 Å². The van der Waals surface area contributed by atoms with Gasteiger partial charge in [-0.2, -0.15) is 0 Å². The molecule has 0 spiro atoms. The van der Waals surface area contributed by atoms with Crippen LogP contribution in [0.2, 0.25) is 0 Å². The lowest BCUT2D eigenvalue weighted by Gasteiger charge is -2.46. The van der Waals surface area contributed by atoms with Gasteiger partial charge in [-0.05, 0) is 50.4 Å². The average Bonchev–Trinajstić information content (AvgIpc) is 2.94. The van der Waals surface area contributed by atoms with Gasteiger partial charge in [0.05, 0.1) is 26.2 Å². The van der Waals surface area contributed by atoms with Gasteiger partial charge in [0.1, 0.15) is 17.9 Å². The number of allylic oxidation sites excluding steroid dienone is 1. The third kappa shape index (κ3) is 3.62. The molecule has 1 saturated carbocycles. The van der Waals surface area contributed by atoms with Gasteiger partial charge >= 0.3 is 11.9 Å². The van der Waals surface area contributed by atoms with Crippen LogP contribution in [0.15, 0.2) is 11.6 Å². The van der Waals surface area contributed by atoms with Crippen LogP contribution in [0, 0.1) is 29.1 Å². The molecule has 2 heterocycles. The number of carbonyl (C=O) groups is 2. The molecule has 2 aliphatic carbocycles. The molecule has 7 atom stereocenters. The van der Waals surface area contributed by atoms with Crippen LogP contribution >= 0.6 is 0 Å². The minimum absolute atomic E-state index is 0.0208. The highest BCUT2D eigenvalue weighted by atomic mass is 16.6. The van der Waals surface area contributed by atoms with Crippen molar-refractivity contribution in [2.75, 3.05) is 26.2 Å². The van der Waals surface area contributed by atoms with E-state index in [1.165, 1.54) is 24.2 Å². The summed E-state index contributed by atoms with van der Waals surface area (Å²) in [6, 6.07) is 0. The van der Waals surface area contributed by atoms with E-state index in [1.54, 1.807) is 5.57 Å². The minimum atomic E-state index is -0.0712. The first-order chi connectivity index (χ1) is 13.4. The Labute approximate surface area is 168 Å². The molecule has 4 rings (SSSR count). The first-order valence-corrected chi connectivity index (χ1v) is 11.3. The summed E-state index contributed by atoms with van der Waals surface area (Å²) in [6.07, 6.45) is 9.13. The molecule has 0 aromatic carbocycles. The molecule has 28 heavy (non-hydrogen) atoms. The van der Waals surface area contributed by atoms with Crippen molar-refractivity contribution in [1.82, 2.24) is 0 Å². The van der Waals surface area contributed by atoms with Gasteiger partial charge in [-0.15, -0.1) is 0 Å². The highest BCUT2D eigenvalue weighted by molar-refractivity contribution is 5.76. The summed E-state index contributed by atoms with van der Waals surface area (Å²) in [6.45, 7) is 9.60. The summed E-state index contributed by atoms with van der Waals surface area (Å²) in [7, 11) is 0. The van der Waals surface area contributed by atoms with E-state index in [1.807, 2.05) is 6.92 Å². The molecule has 0 amide bonds. The molecule has 1 unspecified atom stereocenters. The van der Waals surface area contributed by atoms with E-state index in [2.05, 4.69) is 19.9 Å². The zero-order chi connectivity index (χ0) is 19.9. The Balaban J connectivity index is 1.48. The van der Waals surface area contributed by atoms with E-state index in [4.69, 9.17) is 9.47 Å². The van der Waals surface area contributed by atoms with Crippen molar-refractivity contribution in [3.05, 3.63) is 11.6 Å². The quantitative estimate of drug-likeness (QED) is 0.590. The van der Waals surface area contributed by atoms with Crippen molar-refractivity contribution in [3.63, 3.8) is 0 Å². The van der Waals surface area contributed by atoms with Crippen LogP contribution < -0.4 is 4.90 Å². The largest absolute Gasteiger partial charge is 0.466 e. The maximum absolute atomic E-state index is 12.8. The molecule has 0 radical (unpaired) electrons. The molecule has 4 aliphatic rings. The number of hydrogen-bond acceptors (Lipinski definition) is 4. The lowest BCUT2D eigenvalue weighted by molar-refractivity contribution is -0.910. The summed E-state index contributed by atoms with van der Waals surface area (Å²) in [5, 5.41) is 0. The fraction of sp³-hybridized carbons (Fsp3) is 0.826. The zero-order valence-electron chi connectivity index (χ0n) is 17.7. The Morgan fingerprint density at radius 2 is 2.18 bits per heavy atom. The standard InChI is InChI=1S/C23H35NO4/c1-4-27-21(25)16-8-6-10-24(13-16)14-18-17-11-19-15(2)7-5-9-23(19,3)12-20(17)28-22(18)26/h11,15-18,20H,4-10,12-14H2,1-3H3/p+1/t15-,16-,17-,18+,20+,23+/m1/s1. The summed E-state index contributed by atoms with van der Waals surface area (Å²) < 4.78 is 11.1. The normalized spacial score (nSPS) is 42.8. The second kappa shape index (κ2) is 7.81. The van der Waals surface area contributed by atoms with Crippen molar-refractivity contribution in [1.29, 1.82) is 0 Å². The Hall–Kier alpha value is -1.36. The van der Waals surface area contributed by atoms with E-state index in [0.29, 0.717) is 12.5 Å². The lowest BCUT2D eigenvalue weighted by atomic mass is 9.59. The van der Waals surface area contributed by atoms with Gasteiger partial charge in [0, 0.05) is 5.92 Å². The number of likely N-dealkylation sites (tertiary alicyclic amines) is 1. The Morgan fingerprint density at radius 1 is 1.36 bits per heavy atom. The number of nitrogens with one attached hydrogen (secondary N) is 1. The minimum Gasteiger partial charge on any atom is -0.466 e. The van der Waals surface area contributed by atoms with E-state index in [-0.39, 0.29) is 41.2 Å². The summed E-state index contributed by atoms with van der Waals surface area (Å²) in [5.41, 5.74) is 1.78. The first-order valence-electron chi connectivity index (χ1n) is 11.3. The number of piperidine rings is 1. The molecular weight excluding hydrogens is 354 g/mol. The summed E-state index contributed by atoms with van der Waals surface area (Å²) in [5.74, 6) is 0.652. The smallest absolute Gasteiger partial charge is 0.315 e. The predicted octanol–water partition coefficient (Wildman–Crippen LogP) is 2.16. The molecule has 5 heteroatoms. The van der Waals surface area contributed by atoms with Gasteiger partial charge < -0.3 is 14.4 Å². The van der Waals surface area contributed by atoms with E-state index in [9.17, 15) is 9.59 Å². The molecule has 2 saturated heterocycles. The molecular formula is C23H36NO4+. The highest BCUT2D eigenvalue weighted by Gasteiger charge is 2.53. The Kier molecular flexibility index (Phi) is 5.56. The van der Waals surface area contributed by atoms with Gasteiger partial charge in [-0.3, -0.25) is 9.59 Å². The molecule has 0 aromatic rings. The fourth-order valence-corrected chi connectivity index (χ4v) is 6.39. The number of esters is 2. The van der Waals surface area contributed by atoms with Crippen molar-refractivity contribution < 1.29 is 24.0 Å². The predicted molar refractivity (Wildman–Crippen MR) is 106 cm³/mol. The van der Waals surface area contributed by atoms with Crippen molar-refractivity contribution >= 4 is 11.9 Å². The number of rotatable bonds is 4. The second-order valence-electron chi connectivity index (χ2n) is 9.84. The Morgan fingerprint density at radius 3 is 2.96 bits per heavy atom. The van der Waals surface area contributed by atoms with Crippen LogP contribution in [0.1, 0.15) is 59.3 Å². The topological polar surface area (TPSA) is 57.0 Å². The SMILES string of the molecule is CCOC(=O)[C@@H]1CCC[NH+](C[C@@H]2C(=O)O[C@H]3C[C@]4(C)CCC[C@@H](C)C4=C[C@@H]32)C1. The van der Waals surface area contributed by atoms with Gasteiger partial charge in [-0.1, -0.05) is 31.9 Å². The zero-order valence-corrected chi connectivity index (χ0v) is 17.7. The Bertz CT molecular complexity index is 659. The molecule has 3 fully saturated rings. The maximum Gasteiger partial charge on any atom is 0.315 e. The van der Waals surface area contributed by atoms with Crippen LogP contribution in [-0.2, 0) is 19.1 Å². The van der Waals surface area contributed by atoms with Crippen LogP contribution in [0.3, 0.4) is 0 Å². The van der Waals surface area contributed by atoms with Gasteiger partial charge in [0.2, 0.25) is 0 Å². The van der Waals surface area contributed by atoms with Crippen LogP contribution in [0.4, 0.5) is 0 Å². The highest BCUT2D eigenvalue weighted by Crippen LogP contribution is 2.53. The first kappa shape index (κ1) is 19.9. The van der Waals surface area contributed by atoms with Gasteiger partial charge in [0.25, 0.3) is 0 Å². The number of hydrogen-bond donors (Lipinski definition) is 1. The van der Waals surface area contributed by atoms with Crippen molar-refractivity contribution in [2.45, 2.75) is 65.4 Å². The molecule has 5 nitrogen and oxygen atoms in total. The molecule has 0 aromatic heterocycles. The molecule has 0 bridgehead atoms. The van der Waals surface area contributed by atoms with Gasteiger partial charge in [0.15, 0.2) is 0 Å². The average molecular weight is 391 g/mol. The molecule has 156 valence electrons. The number of quaternary nitrogens is 1. The van der Waals surface area contributed by atoms with Gasteiger partial charge in [-0.25, -0.2) is 0 Å². The van der Waals surface area contributed by atoms with Crippen LogP contribution in [0.25, 0.3) is 0 Å². The fourth-order valence-electron chi connectivity index (χ4n) is 6.39. The monoisotopic (exact) mass is 390 g/mol. The summed E-state index contributed by atoms with van der Waals surface area (Å²) in [4.78, 5) is 26.3. The lowest BCUT2D eigenvalue weighted by Crippen LogP contribution is -3.14. The third-order valence-corrected chi connectivity index (χ3v) is 7.83. The second-order valence-corrected chi connectivity index (χ2v) is 9.84. The van der Waals surface area contributed by atoms with Crippen molar-refractivity contribution in [3.8, 4) is 0 Å². The van der Waals surface area contributed by atoms with E-state index >= 15 is 0 Å². The number of carbonyl (C=O) groups excluding carboxylic acids is 2. The summed E-state index contributed by atoms with van der Waals surface area (Å²) >= 11 is 0.